The zero-order valence-corrected chi connectivity index (χ0v) is 18.7. The van der Waals surface area contributed by atoms with Gasteiger partial charge in [-0.25, -0.2) is 4.79 Å². The van der Waals surface area contributed by atoms with E-state index in [-0.39, 0.29) is 18.9 Å². The molecule has 0 spiro atoms. The van der Waals surface area contributed by atoms with Crippen LogP contribution < -0.4 is 16.4 Å². The smallest absolute Gasteiger partial charge is 0.408 e. The molecular weight excluding hydrogens is 420 g/mol. The Morgan fingerprint density at radius 3 is 2.33 bits per heavy atom. The van der Waals surface area contributed by atoms with Crippen LogP contribution in [0.3, 0.4) is 0 Å². The molecule has 3 aromatic rings. The van der Waals surface area contributed by atoms with Gasteiger partial charge < -0.3 is 21.1 Å². The van der Waals surface area contributed by atoms with Gasteiger partial charge in [0, 0.05) is 17.5 Å². The minimum atomic E-state index is -0.977. The highest BCUT2D eigenvalue weighted by atomic mass is 16.5. The summed E-state index contributed by atoms with van der Waals surface area (Å²) in [7, 11) is 0. The number of nitrogens with one attached hydrogen (secondary N) is 2. The molecule has 1 aromatic heterocycles. The summed E-state index contributed by atoms with van der Waals surface area (Å²) in [6.45, 7) is 3.65. The van der Waals surface area contributed by atoms with Gasteiger partial charge in [0.05, 0.1) is 5.52 Å². The van der Waals surface area contributed by atoms with Crippen molar-refractivity contribution in [2.24, 2.45) is 11.7 Å². The standard InChI is InChI=1S/C25H28N4O4/c1-16(2)22(29-25(32)33-15-17-8-4-3-5-9-17)24(31)28-21(23(26)30)14-19-13-12-18-10-6-7-11-20(18)27-19/h3-13,16,21-22H,14-15H2,1-2H3,(H2,26,30)(H,28,31)(H,29,32)/t21-,22+/m1/s1. The lowest BCUT2D eigenvalue weighted by Gasteiger charge is -2.24. The largest absolute Gasteiger partial charge is 0.445 e. The molecule has 1 heterocycles. The third-order valence-corrected chi connectivity index (χ3v) is 5.16. The lowest BCUT2D eigenvalue weighted by Crippen LogP contribution is -2.55. The molecule has 8 heteroatoms. The predicted molar refractivity (Wildman–Crippen MR) is 125 cm³/mol. The molecule has 0 bridgehead atoms. The number of benzene rings is 2. The number of ether oxygens (including phenoxy) is 1. The van der Waals surface area contributed by atoms with Crippen LogP contribution in [0.15, 0.2) is 66.7 Å². The molecule has 3 amide bonds. The van der Waals surface area contributed by atoms with Crippen molar-refractivity contribution in [3.8, 4) is 0 Å². The number of pyridine rings is 1. The van der Waals surface area contributed by atoms with E-state index in [0.717, 1.165) is 16.5 Å². The summed E-state index contributed by atoms with van der Waals surface area (Å²) in [5.41, 5.74) is 7.77. The van der Waals surface area contributed by atoms with Gasteiger partial charge in [0.2, 0.25) is 11.8 Å². The van der Waals surface area contributed by atoms with Crippen LogP contribution in [0.4, 0.5) is 4.79 Å². The van der Waals surface area contributed by atoms with E-state index in [9.17, 15) is 14.4 Å². The van der Waals surface area contributed by atoms with Gasteiger partial charge in [-0.2, -0.15) is 0 Å². The van der Waals surface area contributed by atoms with Gasteiger partial charge in [-0.05, 0) is 23.6 Å². The fourth-order valence-corrected chi connectivity index (χ4v) is 3.34. The first-order valence-corrected chi connectivity index (χ1v) is 10.7. The van der Waals surface area contributed by atoms with Crippen molar-refractivity contribution >= 4 is 28.8 Å². The fraction of sp³-hybridized carbons (Fsp3) is 0.280. The van der Waals surface area contributed by atoms with Gasteiger partial charge >= 0.3 is 6.09 Å². The first-order chi connectivity index (χ1) is 15.8. The Labute approximate surface area is 192 Å². The summed E-state index contributed by atoms with van der Waals surface area (Å²) in [4.78, 5) is 41.7. The van der Waals surface area contributed by atoms with E-state index in [0.29, 0.717) is 5.69 Å². The molecule has 33 heavy (non-hydrogen) atoms. The van der Waals surface area contributed by atoms with E-state index in [2.05, 4.69) is 15.6 Å². The summed E-state index contributed by atoms with van der Waals surface area (Å²) in [5, 5.41) is 6.20. The summed E-state index contributed by atoms with van der Waals surface area (Å²) < 4.78 is 5.22. The van der Waals surface area contributed by atoms with Crippen LogP contribution in [0.2, 0.25) is 0 Å². The molecule has 0 saturated carbocycles. The Hall–Kier alpha value is -3.94. The number of primary amides is 1. The van der Waals surface area contributed by atoms with Crippen LogP contribution in [-0.4, -0.2) is 35.0 Å². The van der Waals surface area contributed by atoms with Gasteiger partial charge in [0.25, 0.3) is 0 Å². The number of para-hydroxylation sites is 1. The number of rotatable bonds is 9. The fourth-order valence-electron chi connectivity index (χ4n) is 3.34. The van der Waals surface area contributed by atoms with Gasteiger partial charge in [-0.1, -0.05) is 68.4 Å². The number of hydrogen-bond donors (Lipinski definition) is 3. The minimum Gasteiger partial charge on any atom is -0.445 e. The number of amides is 3. The van der Waals surface area contributed by atoms with Crippen LogP contribution in [0.25, 0.3) is 10.9 Å². The van der Waals surface area contributed by atoms with Crippen molar-refractivity contribution in [1.29, 1.82) is 0 Å². The van der Waals surface area contributed by atoms with Crippen LogP contribution in [0, 0.1) is 5.92 Å². The number of carbonyl (C=O) groups is 3. The number of carbonyl (C=O) groups excluding carboxylic acids is 3. The average molecular weight is 449 g/mol. The highest BCUT2D eigenvalue weighted by molar-refractivity contribution is 5.91. The third kappa shape index (κ3) is 6.77. The van der Waals surface area contributed by atoms with Crippen molar-refractivity contribution in [3.05, 3.63) is 78.0 Å². The lowest BCUT2D eigenvalue weighted by molar-refractivity contribution is -0.129. The second-order valence-corrected chi connectivity index (χ2v) is 8.09. The lowest BCUT2D eigenvalue weighted by atomic mass is 10.0. The molecule has 0 aliphatic heterocycles. The molecule has 0 aliphatic carbocycles. The maximum Gasteiger partial charge on any atom is 0.408 e. The Bertz CT molecular complexity index is 1120. The molecule has 4 N–H and O–H groups in total. The van der Waals surface area contributed by atoms with Crippen LogP contribution in [-0.2, 0) is 27.4 Å². The highest BCUT2D eigenvalue weighted by Gasteiger charge is 2.28. The van der Waals surface area contributed by atoms with E-state index in [4.69, 9.17) is 10.5 Å². The Morgan fingerprint density at radius 1 is 0.939 bits per heavy atom. The maximum absolute atomic E-state index is 12.9. The Kier molecular flexibility index (Phi) is 7.96. The Balaban J connectivity index is 1.63. The normalized spacial score (nSPS) is 12.7. The first-order valence-electron chi connectivity index (χ1n) is 10.7. The van der Waals surface area contributed by atoms with Gasteiger partial charge in [-0.15, -0.1) is 0 Å². The monoisotopic (exact) mass is 448 g/mol. The van der Waals surface area contributed by atoms with Crippen LogP contribution >= 0.6 is 0 Å². The molecule has 8 nitrogen and oxygen atoms in total. The second-order valence-electron chi connectivity index (χ2n) is 8.09. The molecule has 0 unspecified atom stereocenters. The average Bonchev–Trinajstić information content (AvgIpc) is 2.81. The van der Waals surface area contributed by atoms with Gasteiger partial charge in [0.15, 0.2) is 0 Å². The zero-order chi connectivity index (χ0) is 23.8. The number of hydrogen-bond acceptors (Lipinski definition) is 5. The number of fused-ring (bicyclic) bond motifs is 1. The first kappa shape index (κ1) is 23.7. The van der Waals surface area contributed by atoms with E-state index in [1.165, 1.54) is 0 Å². The summed E-state index contributed by atoms with van der Waals surface area (Å²) in [6, 6.07) is 18.6. The molecule has 2 aromatic carbocycles. The number of aromatic nitrogens is 1. The number of nitrogens with two attached hydrogens (primary N) is 1. The summed E-state index contributed by atoms with van der Waals surface area (Å²) in [5.74, 6) is -1.46. The van der Waals surface area contributed by atoms with Gasteiger partial charge in [0.1, 0.15) is 18.7 Å². The predicted octanol–water partition coefficient (Wildman–Crippen LogP) is 2.70. The molecule has 2 atom stereocenters. The molecule has 0 radical (unpaired) electrons. The highest BCUT2D eigenvalue weighted by Crippen LogP contribution is 2.13. The van der Waals surface area contributed by atoms with Crippen molar-refractivity contribution in [2.45, 2.75) is 39.0 Å². The molecule has 172 valence electrons. The van der Waals surface area contributed by atoms with Crippen molar-refractivity contribution in [1.82, 2.24) is 15.6 Å². The van der Waals surface area contributed by atoms with E-state index < -0.39 is 30.0 Å². The van der Waals surface area contributed by atoms with Gasteiger partial charge in [-0.3, -0.25) is 14.6 Å². The summed E-state index contributed by atoms with van der Waals surface area (Å²) >= 11 is 0. The van der Waals surface area contributed by atoms with E-state index in [1.54, 1.807) is 19.9 Å². The quantitative estimate of drug-likeness (QED) is 0.464. The molecular formula is C25H28N4O4. The molecule has 0 aliphatic rings. The van der Waals surface area contributed by atoms with Crippen molar-refractivity contribution < 1.29 is 19.1 Å². The number of alkyl carbamates (subject to hydrolysis) is 1. The SMILES string of the molecule is CC(C)[C@H](NC(=O)OCc1ccccc1)C(=O)N[C@H](Cc1ccc2ccccc2n1)C(N)=O. The van der Waals surface area contributed by atoms with E-state index in [1.807, 2.05) is 60.7 Å². The zero-order valence-electron chi connectivity index (χ0n) is 18.7. The third-order valence-electron chi connectivity index (χ3n) is 5.16. The van der Waals surface area contributed by atoms with E-state index >= 15 is 0 Å². The maximum atomic E-state index is 12.9. The number of nitrogens with zero attached hydrogens (tertiary/aromatic N) is 1. The topological polar surface area (TPSA) is 123 Å². The Morgan fingerprint density at radius 2 is 1.64 bits per heavy atom. The van der Waals surface area contributed by atoms with Crippen LogP contribution in [0.5, 0.6) is 0 Å². The second kappa shape index (κ2) is 11.1. The molecule has 0 fully saturated rings. The summed E-state index contributed by atoms with van der Waals surface area (Å²) in [6.07, 6.45) is -0.589. The minimum absolute atomic E-state index is 0.0800. The molecule has 0 saturated heterocycles. The van der Waals surface area contributed by atoms with Crippen molar-refractivity contribution in [3.63, 3.8) is 0 Å². The molecule has 3 rings (SSSR count). The van der Waals surface area contributed by atoms with Crippen LogP contribution in [0.1, 0.15) is 25.1 Å². The van der Waals surface area contributed by atoms with Crippen molar-refractivity contribution in [2.75, 3.05) is 0 Å².